The summed E-state index contributed by atoms with van der Waals surface area (Å²) in [6.07, 6.45) is 0. The average Bonchev–Trinajstić information content (AvgIpc) is 2.64. The molecule has 2 rings (SSSR count). The number of thioether (sulfide) groups is 1. The second-order valence-corrected chi connectivity index (χ2v) is 6.06. The van der Waals surface area contributed by atoms with Crippen LogP contribution in [0.5, 0.6) is 5.75 Å². The molecule has 0 spiro atoms. The number of amides is 2. The number of aryl methyl sites for hydroxylation is 1. The molecule has 0 heterocycles. The first-order chi connectivity index (χ1) is 12.1. The van der Waals surface area contributed by atoms with Gasteiger partial charge in [-0.05, 0) is 30.7 Å². The van der Waals surface area contributed by atoms with Crippen LogP contribution in [-0.2, 0) is 9.59 Å². The van der Waals surface area contributed by atoms with Crippen molar-refractivity contribution in [3.63, 3.8) is 0 Å². The van der Waals surface area contributed by atoms with Crippen molar-refractivity contribution < 1.29 is 14.3 Å². The predicted molar refractivity (Wildman–Crippen MR) is 94.8 cm³/mol. The Hall–Kier alpha value is -2.98. The van der Waals surface area contributed by atoms with Crippen LogP contribution in [0.3, 0.4) is 0 Å². The number of rotatable bonds is 6. The van der Waals surface area contributed by atoms with Gasteiger partial charge in [-0.15, -0.1) is 11.8 Å². The fourth-order valence-electron chi connectivity index (χ4n) is 1.90. The van der Waals surface area contributed by atoms with E-state index < -0.39 is 5.91 Å². The molecule has 6 nitrogen and oxygen atoms in total. The molecule has 2 aromatic rings. The van der Waals surface area contributed by atoms with Gasteiger partial charge in [0.15, 0.2) is 6.61 Å². The molecule has 0 aromatic heterocycles. The molecule has 0 aliphatic carbocycles. The SMILES string of the molecule is Cc1ccccc1SCC(=O)NNC(=O)COc1ccccc1C#N. The molecule has 2 amide bonds. The summed E-state index contributed by atoms with van der Waals surface area (Å²) in [5, 5.41) is 8.94. The Morgan fingerprint density at radius 2 is 1.76 bits per heavy atom. The maximum atomic E-state index is 11.8. The highest BCUT2D eigenvalue weighted by atomic mass is 32.2. The number of hydrazine groups is 1. The van der Waals surface area contributed by atoms with Gasteiger partial charge >= 0.3 is 0 Å². The Balaban J connectivity index is 1.72. The Morgan fingerprint density at radius 1 is 1.08 bits per heavy atom. The molecule has 0 fully saturated rings. The second kappa shape index (κ2) is 9.35. The van der Waals surface area contributed by atoms with Crippen LogP contribution in [-0.4, -0.2) is 24.2 Å². The van der Waals surface area contributed by atoms with E-state index in [-0.39, 0.29) is 18.3 Å². The molecule has 0 radical (unpaired) electrons. The number of nitriles is 1. The number of carbonyl (C=O) groups excluding carboxylic acids is 2. The van der Waals surface area contributed by atoms with Crippen LogP contribution in [0.4, 0.5) is 0 Å². The van der Waals surface area contributed by atoms with Crippen molar-refractivity contribution in [2.75, 3.05) is 12.4 Å². The van der Waals surface area contributed by atoms with Crippen molar-refractivity contribution in [1.82, 2.24) is 10.9 Å². The van der Waals surface area contributed by atoms with Gasteiger partial charge in [0.1, 0.15) is 11.8 Å². The average molecular weight is 355 g/mol. The molecule has 0 saturated heterocycles. The topological polar surface area (TPSA) is 91.2 Å². The summed E-state index contributed by atoms with van der Waals surface area (Å²) >= 11 is 1.39. The first-order valence-corrected chi connectivity index (χ1v) is 8.46. The summed E-state index contributed by atoms with van der Waals surface area (Å²) in [6, 6.07) is 16.3. The fraction of sp³-hybridized carbons (Fsp3) is 0.167. The molecule has 0 saturated carbocycles. The normalized spacial score (nSPS) is 9.76. The zero-order valence-electron chi connectivity index (χ0n) is 13.6. The van der Waals surface area contributed by atoms with E-state index in [1.54, 1.807) is 24.3 Å². The molecule has 2 aromatic carbocycles. The summed E-state index contributed by atoms with van der Waals surface area (Å²) < 4.78 is 5.28. The minimum atomic E-state index is -0.512. The molecule has 0 atom stereocenters. The van der Waals surface area contributed by atoms with Crippen molar-refractivity contribution in [2.45, 2.75) is 11.8 Å². The quantitative estimate of drug-likeness (QED) is 0.612. The van der Waals surface area contributed by atoms with Crippen molar-refractivity contribution >= 4 is 23.6 Å². The molecular formula is C18H17N3O3S. The summed E-state index contributed by atoms with van der Waals surface area (Å²) in [5.74, 6) is -0.328. The molecule has 128 valence electrons. The maximum Gasteiger partial charge on any atom is 0.276 e. The van der Waals surface area contributed by atoms with Gasteiger partial charge in [0.2, 0.25) is 5.91 Å². The Kier molecular flexibility index (Phi) is 6.87. The third-order valence-electron chi connectivity index (χ3n) is 3.16. The molecule has 0 unspecified atom stereocenters. The Bertz CT molecular complexity index is 802. The number of hydrogen-bond donors (Lipinski definition) is 2. The van der Waals surface area contributed by atoms with Crippen LogP contribution in [0.25, 0.3) is 0 Å². The van der Waals surface area contributed by atoms with Gasteiger partial charge in [0.05, 0.1) is 11.3 Å². The van der Waals surface area contributed by atoms with Gasteiger partial charge in [0.25, 0.3) is 5.91 Å². The minimum absolute atomic E-state index is 0.184. The van der Waals surface area contributed by atoms with Gasteiger partial charge in [0, 0.05) is 4.90 Å². The maximum absolute atomic E-state index is 11.8. The Morgan fingerprint density at radius 3 is 2.52 bits per heavy atom. The fourth-order valence-corrected chi connectivity index (χ4v) is 2.73. The van der Waals surface area contributed by atoms with E-state index in [1.807, 2.05) is 37.3 Å². The standard InChI is InChI=1S/C18H17N3O3S/c1-13-6-2-5-9-16(13)25-12-18(23)21-20-17(22)11-24-15-8-4-3-7-14(15)10-19/h2-9H,11-12H2,1H3,(H,20,22)(H,21,23). The number of nitrogens with one attached hydrogen (secondary N) is 2. The number of para-hydroxylation sites is 1. The van der Waals surface area contributed by atoms with E-state index in [4.69, 9.17) is 10.00 Å². The van der Waals surface area contributed by atoms with E-state index in [1.165, 1.54) is 11.8 Å². The molecule has 0 aliphatic heterocycles. The number of carbonyl (C=O) groups is 2. The number of hydrogen-bond acceptors (Lipinski definition) is 5. The number of ether oxygens (including phenoxy) is 1. The van der Waals surface area contributed by atoms with Crippen molar-refractivity contribution in [1.29, 1.82) is 5.26 Å². The van der Waals surface area contributed by atoms with Crippen molar-refractivity contribution in [2.24, 2.45) is 0 Å². The molecular weight excluding hydrogens is 338 g/mol. The van der Waals surface area contributed by atoms with Crippen LogP contribution in [0.15, 0.2) is 53.4 Å². The highest BCUT2D eigenvalue weighted by Gasteiger charge is 2.08. The molecule has 0 bridgehead atoms. The van der Waals surface area contributed by atoms with Crippen LogP contribution in [0.2, 0.25) is 0 Å². The summed E-state index contributed by atoms with van der Waals surface area (Å²) in [4.78, 5) is 24.5. The molecule has 25 heavy (non-hydrogen) atoms. The summed E-state index contributed by atoms with van der Waals surface area (Å²) in [7, 11) is 0. The molecule has 7 heteroatoms. The van der Waals surface area contributed by atoms with Gasteiger partial charge < -0.3 is 4.74 Å². The highest BCUT2D eigenvalue weighted by molar-refractivity contribution is 8.00. The predicted octanol–water partition coefficient (Wildman–Crippen LogP) is 2.19. The first-order valence-electron chi connectivity index (χ1n) is 7.48. The van der Waals surface area contributed by atoms with Crippen molar-refractivity contribution in [3.8, 4) is 11.8 Å². The van der Waals surface area contributed by atoms with Crippen LogP contribution in [0, 0.1) is 18.3 Å². The van der Waals surface area contributed by atoms with Crippen molar-refractivity contribution in [3.05, 3.63) is 59.7 Å². The Labute approximate surface area is 150 Å². The lowest BCUT2D eigenvalue weighted by molar-refractivity contribution is -0.128. The zero-order valence-corrected chi connectivity index (χ0v) is 14.4. The van der Waals surface area contributed by atoms with Crippen LogP contribution in [0.1, 0.15) is 11.1 Å². The second-order valence-electron chi connectivity index (χ2n) is 5.05. The van der Waals surface area contributed by atoms with E-state index in [2.05, 4.69) is 10.9 Å². The number of nitrogens with zero attached hydrogens (tertiary/aromatic N) is 1. The van der Waals surface area contributed by atoms with Gasteiger partial charge in [-0.3, -0.25) is 20.4 Å². The lowest BCUT2D eigenvalue weighted by Gasteiger charge is -2.10. The third-order valence-corrected chi connectivity index (χ3v) is 4.34. The van der Waals surface area contributed by atoms with E-state index >= 15 is 0 Å². The minimum Gasteiger partial charge on any atom is -0.482 e. The zero-order chi connectivity index (χ0) is 18.1. The van der Waals surface area contributed by atoms with Gasteiger partial charge in [-0.2, -0.15) is 5.26 Å². The monoisotopic (exact) mass is 355 g/mol. The van der Waals surface area contributed by atoms with Gasteiger partial charge in [-0.1, -0.05) is 30.3 Å². The van der Waals surface area contributed by atoms with E-state index in [9.17, 15) is 9.59 Å². The largest absolute Gasteiger partial charge is 0.482 e. The molecule has 0 aliphatic rings. The summed E-state index contributed by atoms with van der Waals surface area (Å²) in [6.45, 7) is 1.67. The third kappa shape index (κ3) is 5.86. The summed E-state index contributed by atoms with van der Waals surface area (Å²) in [5.41, 5.74) is 6.05. The van der Waals surface area contributed by atoms with Gasteiger partial charge in [-0.25, -0.2) is 0 Å². The van der Waals surface area contributed by atoms with E-state index in [0.29, 0.717) is 11.3 Å². The lowest BCUT2D eigenvalue weighted by Crippen LogP contribution is -2.44. The number of benzene rings is 2. The van der Waals surface area contributed by atoms with E-state index in [0.717, 1.165) is 10.5 Å². The lowest BCUT2D eigenvalue weighted by atomic mass is 10.2. The smallest absolute Gasteiger partial charge is 0.276 e. The van der Waals surface area contributed by atoms with Crippen LogP contribution >= 0.6 is 11.8 Å². The highest BCUT2D eigenvalue weighted by Crippen LogP contribution is 2.21. The van der Waals surface area contributed by atoms with Crippen LogP contribution < -0.4 is 15.6 Å². The first kappa shape index (κ1) is 18.4. The molecule has 2 N–H and O–H groups in total.